The maximum absolute atomic E-state index is 6.47. The average molecular weight is 429 g/mol. The van der Waals surface area contributed by atoms with Crippen LogP contribution in [0.2, 0.25) is 12.1 Å². The highest BCUT2D eigenvalue weighted by Gasteiger charge is 2.35. The Morgan fingerprint density at radius 3 is 1.38 bits per heavy atom. The summed E-state index contributed by atoms with van der Waals surface area (Å²) in [6, 6.07) is 2.16. The van der Waals surface area contributed by atoms with Crippen LogP contribution in [0.25, 0.3) is 0 Å². The quantitative estimate of drug-likeness (QED) is 0.119. The molecule has 0 N–H and O–H groups in total. The fourth-order valence-electron chi connectivity index (χ4n) is 4.13. The molecule has 1 atom stereocenters. The molecule has 0 amide bonds. The first-order valence-electron chi connectivity index (χ1n) is 13.5. The molecular weight excluding hydrogens is 372 g/mol. The van der Waals surface area contributed by atoms with Crippen molar-refractivity contribution < 1.29 is 8.85 Å². The summed E-state index contributed by atoms with van der Waals surface area (Å²) in [5.74, 6) is 0. The predicted molar refractivity (Wildman–Crippen MR) is 133 cm³/mol. The van der Waals surface area contributed by atoms with E-state index in [0.717, 1.165) is 18.7 Å². The molecule has 0 bridgehead atoms. The Kier molecular flexibility index (Phi) is 21.5. The Morgan fingerprint density at radius 1 is 0.552 bits per heavy atom. The minimum absolute atomic E-state index is 0.359. The van der Waals surface area contributed by atoms with E-state index in [1.54, 1.807) is 0 Å². The zero-order valence-electron chi connectivity index (χ0n) is 21.0. The Morgan fingerprint density at radius 2 is 0.966 bits per heavy atom. The fraction of sp³-hybridized carbons (Fsp3) is 1.00. The van der Waals surface area contributed by atoms with Gasteiger partial charge in [-0.1, -0.05) is 124 Å². The molecule has 3 heteroatoms. The van der Waals surface area contributed by atoms with Crippen molar-refractivity contribution in [2.24, 2.45) is 0 Å². The lowest BCUT2D eigenvalue weighted by Gasteiger charge is -2.32. The van der Waals surface area contributed by atoms with E-state index in [0.29, 0.717) is 6.10 Å². The first kappa shape index (κ1) is 29.1. The van der Waals surface area contributed by atoms with Crippen molar-refractivity contribution in [1.82, 2.24) is 0 Å². The standard InChI is InChI=1S/C26H56O2Si/c1-6-10-12-13-14-15-16-17-18-19-20-21-22-23-25-27-29(8-3,9-4)28-26(5)24-11-7-2/h26H,6-25H2,1-5H3. The summed E-state index contributed by atoms with van der Waals surface area (Å²) >= 11 is 0. The summed E-state index contributed by atoms with van der Waals surface area (Å²) in [5, 5.41) is 0. The molecule has 0 saturated heterocycles. The van der Waals surface area contributed by atoms with Crippen LogP contribution >= 0.6 is 0 Å². The van der Waals surface area contributed by atoms with Gasteiger partial charge < -0.3 is 8.85 Å². The van der Waals surface area contributed by atoms with Crippen LogP contribution in [0.15, 0.2) is 0 Å². The summed E-state index contributed by atoms with van der Waals surface area (Å²) in [6.45, 7) is 12.2. The van der Waals surface area contributed by atoms with E-state index >= 15 is 0 Å². The van der Waals surface area contributed by atoms with Crippen LogP contribution in [-0.4, -0.2) is 21.3 Å². The highest BCUT2D eigenvalue weighted by atomic mass is 28.4. The number of rotatable bonds is 23. The Labute approximate surface area is 186 Å². The van der Waals surface area contributed by atoms with Gasteiger partial charge in [-0.3, -0.25) is 0 Å². The topological polar surface area (TPSA) is 18.5 Å². The van der Waals surface area contributed by atoms with E-state index in [4.69, 9.17) is 8.85 Å². The summed E-state index contributed by atoms with van der Waals surface area (Å²) in [4.78, 5) is 0. The van der Waals surface area contributed by atoms with Crippen LogP contribution in [-0.2, 0) is 8.85 Å². The Bertz CT molecular complexity index is 318. The summed E-state index contributed by atoms with van der Waals surface area (Å²) in [7, 11) is -1.96. The second kappa shape index (κ2) is 21.4. The lowest BCUT2D eigenvalue weighted by Crippen LogP contribution is -2.43. The van der Waals surface area contributed by atoms with E-state index < -0.39 is 8.56 Å². The van der Waals surface area contributed by atoms with Crippen molar-refractivity contribution in [1.29, 1.82) is 0 Å². The maximum atomic E-state index is 6.47. The molecule has 0 fully saturated rings. The minimum Gasteiger partial charge on any atom is -0.394 e. The SMILES string of the molecule is CCCCCCCCCCCCCCCCO[Si](CC)(CC)OC(C)CCCC. The van der Waals surface area contributed by atoms with Gasteiger partial charge in [0.1, 0.15) is 0 Å². The maximum Gasteiger partial charge on any atom is 0.337 e. The van der Waals surface area contributed by atoms with E-state index in [1.807, 2.05) is 0 Å². The molecule has 0 aliphatic rings. The second-order valence-corrected chi connectivity index (χ2v) is 12.9. The van der Waals surface area contributed by atoms with E-state index in [1.165, 1.54) is 109 Å². The molecule has 0 radical (unpaired) electrons. The minimum atomic E-state index is -1.96. The first-order chi connectivity index (χ1) is 14.1. The third kappa shape index (κ3) is 17.5. The monoisotopic (exact) mass is 428 g/mol. The molecule has 0 heterocycles. The van der Waals surface area contributed by atoms with Crippen LogP contribution < -0.4 is 0 Å². The molecule has 2 nitrogen and oxygen atoms in total. The van der Waals surface area contributed by atoms with Crippen LogP contribution in [0.1, 0.15) is 144 Å². The van der Waals surface area contributed by atoms with E-state index in [-0.39, 0.29) is 0 Å². The van der Waals surface area contributed by atoms with Gasteiger partial charge in [0.25, 0.3) is 0 Å². The van der Waals surface area contributed by atoms with Crippen molar-refractivity contribution in [3.63, 3.8) is 0 Å². The van der Waals surface area contributed by atoms with Gasteiger partial charge in [-0.2, -0.15) is 0 Å². The lowest BCUT2D eigenvalue weighted by atomic mass is 10.0. The molecule has 29 heavy (non-hydrogen) atoms. The van der Waals surface area contributed by atoms with Crippen molar-refractivity contribution in [3.05, 3.63) is 0 Å². The molecule has 0 aromatic carbocycles. The van der Waals surface area contributed by atoms with Crippen molar-refractivity contribution in [3.8, 4) is 0 Å². The number of unbranched alkanes of at least 4 members (excludes halogenated alkanes) is 14. The van der Waals surface area contributed by atoms with E-state index in [2.05, 4.69) is 34.6 Å². The van der Waals surface area contributed by atoms with Crippen LogP contribution in [0.3, 0.4) is 0 Å². The molecule has 0 aliphatic heterocycles. The summed E-state index contributed by atoms with van der Waals surface area (Å²) in [6.07, 6.45) is 23.7. The van der Waals surface area contributed by atoms with Crippen LogP contribution in [0, 0.1) is 0 Å². The van der Waals surface area contributed by atoms with Gasteiger partial charge in [0, 0.05) is 12.7 Å². The summed E-state index contributed by atoms with van der Waals surface area (Å²) < 4.78 is 12.9. The van der Waals surface area contributed by atoms with Gasteiger partial charge >= 0.3 is 8.56 Å². The van der Waals surface area contributed by atoms with E-state index in [9.17, 15) is 0 Å². The van der Waals surface area contributed by atoms with Crippen LogP contribution in [0.4, 0.5) is 0 Å². The highest BCUT2D eigenvalue weighted by molar-refractivity contribution is 6.67. The van der Waals surface area contributed by atoms with Gasteiger partial charge in [0.05, 0.1) is 0 Å². The second-order valence-electron chi connectivity index (χ2n) is 9.13. The molecule has 0 saturated carbocycles. The smallest absolute Gasteiger partial charge is 0.337 e. The van der Waals surface area contributed by atoms with Gasteiger partial charge in [0.2, 0.25) is 0 Å². The van der Waals surface area contributed by atoms with Crippen LogP contribution in [0.5, 0.6) is 0 Å². The van der Waals surface area contributed by atoms with Gasteiger partial charge in [-0.05, 0) is 31.9 Å². The van der Waals surface area contributed by atoms with Crippen molar-refractivity contribution in [2.45, 2.75) is 162 Å². The molecule has 0 aliphatic carbocycles. The first-order valence-corrected chi connectivity index (χ1v) is 15.7. The third-order valence-electron chi connectivity index (χ3n) is 6.32. The van der Waals surface area contributed by atoms with Crippen molar-refractivity contribution in [2.75, 3.05) is 6.61 Å². The average Bonchev–Trinajstić information content (AvgIpc) is 2.74. The number of hydrogen-bond donors (Lipinski definition) is 0. The van der Waals surface area contributed by atoms with Crippen molar-refractivity contribution >= 4 is 8.56 Å². The molecule has 0 aromatic rings. The fourth-order valence-corrected chi connectivity index (χ4v) is 6.80. The predicted octanol–water partition coefficient (Wildman–Crippen LogP) is 9.56. The Balaban J connectivity index is 3.58. The van der Waals surface area contributed by atoms with Gasteiger partial charge in [-0.25, -0.2) is 0 Å². The summed E-state index contributed by atoms with van der Waals surface area (Å²) in [5.41, 5.74) is 0. The largest absolute Gasteiger partial charge is 0.394 e. The zero-order valence-corrected chi connectivity index (χ0v) is 22.0. The highest BCUT2D eigenvalue weighted by Crippen LogP contribution is 2.23. The molecule has 1 unspecified atom stereocenters. The molecular formula is C26H56O2Si. The lowest BCUT2D eigenvalue weighted by molar-refractivity contribution is 0.114. The van der Waals surface area contributed by atoms with Gasteiger partial charge in [-0.15, -0.1) is 0 Å². The Hall–Kier alpha value is 0.137. The molecule has 0 rings (SSSR count). The third-order valence-corrected chi connectivity index (χ3v) is 10.0. The normalized spacial score (nSPS) is 13.1. The van der Waals surface area contributed by atoms with Gasteiger partial charge in [0.15, 0.2) is 0 Å². The number of hydrogen-bond acceptors (Lipinski definition) is 2. The molecule has 0 aromatic heterocycles. The zero-order chi connectivity index (χ0) is 21.6. The molecule has 0 spiro atoms. The molecule has 176 valence electrons.